The smallest absolute Gasteiger partial charge is 0.119 e. The van der Waals surface area contributed by atoms with Gasteiger partial charge in [0.05, 0.1) is 0 Å². The normalized spacial score (nSPS) is 21.2. The molecule has 0 bridgehead atoms. The van der Waals surface area contributed by atoms with Crippen molar-refractivity contribution in [3.8, 4) is 5.75 Å². The van der Waals surface area contributed by atoms with Gasteiger partial charge in [-0.3, -0.25) is 4.90 Å². The SMILES string of the molecule is c1cc(C2CCCC2)ccc1OCCN1CCCCC1. The maximum atomic E-state index is 5.88. The van der Waals surface area contributed by atoms with E-state index in [1.807, 2.05) is 0 Å². The van der Waals surface area contributed by atoms with Crippen molar-refractivity contribution in [3.63, 3.8) is 0 Å². The maximum Gasteiger partial charge on any atom is 0.119 e. The van der Waals surface area contributed by atoms with Gasteiger partial charge in [-0.1, -0.05) is 31.4 Å². The highest BCUT2D eigenvalue weighted by atomic mass is 16.5. The van der Waals surface area contributed by atoms with Crippen LogP contribution in [0.25, 0.3) is 0 Å². The molecule has 0 unspecified atom stereocenters. The van der Waals surface area contributed by atoms with Crippen LogP contribution in [0.1, 0.15) is 56.4 Å². The van der Waals surface area contributed by atoms with Gasteiger partial charge in [0, 0.05) is 6.54 Å². The molecule has 0 radical (unpaired) electrons. The van der Waals surface area contributed by atoms with Gasteiger partial charge in [0.15, 0.2) is 0 Å². The fourth-order valence-electron chi connectivity index (χ4n) is 3.57. The lowest BCUT2D eigenvalue weighted by Crippen LogP contribution is -2.33. The summed E-state index contributed by atoms with van der Waals surface area (Å²) in [6.45, 7) is 4.40. The summed E-state index contributed by atoms with van der Waals surface area (Å²) in [6.07, 6.45) is 9.66. The van der Waals surface area contributed by atoms with Crippen LogP contribution in [0.15, 0.2) is 24.3 Å². The third-order valence-corrected chi connectivity index (χ3v) is 4.83. The van der Waals surface area contributed by atoms with Crippen molar-refractivity contribution < 1.29 is 4.74 Å². The highest BCUT2D eigenvalue weighted by Crippen LogP contribution is 2.34. The molecule has 0 amide bonds. The van der Waals surface area contributed by atoms with Crippen LogP contribution >= 0.6 is 0 Å². The zero-order chi connectivity index (χ0) is 13.6. The van der Waals surface area contributed by atoms with Crippen LogP contribution in [0.2, 0.25) is 0 Å². The Bertz CT molecular complexity index is 388. The summed E-state index contributed by atoms with van der Waals surface area (Å²) in [7, 11) is 0. The lowest BCUT2D eigenvalue weighted by molar-refractivity contribution is 0.183. The molecule has 1 aromatic carbocycles. The first kappa shape index (κ1) is 13.9. The van der Waals surface area contributed by atoms with Gasteiger partial charge < -0.3 is 4.74 Å². The largest absolute Gasteiger partial charge is 0.492 e. The summed E-state index contributed by atoms with van der Waals surface area (Å²) in [6, 6.07) is 8.85. The molecule has 1 heterocycles. The average molecular weight is 273 g/mol. The number of benzene rings is 1. The van der Waals surface area contributed by atoms with Gasteiger partial charge in [0.25, 0.3) is 0 Å². The van der Waals surface area contributed by atoms with Crippen LogP contribution < -0.4 is 4.74 Å². The van der Waals surface area contributed by atoms with E-state index < -0.39 is 0 Å². The zero-order valence-electron chi connectivity index (χ0n) is 12.5. The summed E-state index contributed by atoms with van der Waals surface area (Å²) >= 11 is 0. The van der Waals surface area contributed by atoms with Crippen LogP contribution in [0.5, 0.6) is 5.75 Å². The van der Waals surface area contributed by atoms with Crippen LogP contribution in [-0.2, 0) is 0 Å². The van der Waals surface area contributed by atoms with E-state index in [1.165, 1.54) is 63.6 Å². The number of nitrogens with zero attached hydrogens (tertiary/aromatic N) is 1. The molecule has 1 saturated carbocycles. The molecule has 2 nitrogen and oxygen atoms in total. The molecule has 110 valence electrons. The molecule has 0 atom stereocenters. The molecule has 1 aliphatic heterocycles. The number of hydrogen-bond acceptors (Lipinski definition) is 2. The highest BCUT2D eigenvalue weighted by Gasteiger charge is 2.16. The second kappa shape index (κ2) is 7.12. The van der Waals surface area contributed by atoms with Crippen molar-refractivity contribution >= 4 is 0 Å². The van der Waals surface area contributed by atoms with Gasteiger partial charge in [-0.15, -0.1) is 0 Å². The summed E-state index contributed by atoms with van der Waals surface area (Å²) in [5, 5.41) is 0. The number of piperidine rings is 1. The minimum absolute atomic E-state index is 0.803. The molecule has 2 fully saturated rings. The molecular weight excluding hydrogens is 246 g/mol. The van der Waals surface area contributed by atoms with Crippen LogP contribution in [0.3, 0.4) is 0 Å². The fourth-order valence-corrected chi connectivity index (χ4v) is 3.57. The molecular formula is C18H27NO. The Morgan fingerprint density at radius 1 is 0.900 bits per heavy atom. The summed E-state index contributed by atoms with van der Waals surface area (Å²) in [4.78, 5) is 2.52. The topological polar surface area (TPSA) is 12.5 Å². The first-order chi connectivity index (χ1) is 9.92. The fraction of sp³-hybridized carbons (Fsp3) is 0.667. The molecule has 20 heavy (non-hydrogen) atoms. The standard InChI is InChI=1S/C18H27NO/c1-4-12-19(13-5-1)14-15-20-18-10-8-17(9-11-18)16-6-2-3-7-16/h8-11,16H,1-7,12-15H2. The van der Waals surface area contributed by atoms with E-state index in [4.69, 9.17) is 4.74 Å². The highest BCUT2D eigenvalue weighted by molar-refractivity contribution is 5.29. The molecule has 3 rings (SSSR count). The van der Waals surface area contributed by atoms with E-state index in [0.29, 0.717) is 0 Å². The molecule has 0 N–H and O–H groups in total. The number of rotatable bonds is 5. The van der Waals surface area contributed by atoms with Gasteiger partial charge in [-0.2, -0.15) is 0 Å². The molecule has 2 aliphatic rings. The van der Waals surface area contributed by atoms with E-state index in [-0.39, 0.29) is 0 Å². The lowest BCUT2D eigenvalue weighted by Gasteiger charge is -2.26. The van der Waals surface area contributed by atoms with Crippen molar-refractivity contribution in [1.82, 2.24) is 4.90 Å². The van der Waals surface area contributed by atoms with E-state index in [1.54, 1.807) is 0 Å². The first-order valence-corrected chi connectivity index (χ1v) is 8.37. The number of ether oxygens (including phenoxy) is 1. The lowest BCUT2D eigenvalue weighted by atomic mass is 9.98. The average Bonchev–Trinajstić information content (AvgIpc) is 3.03. The second-order valence-electron chi connectivity index (χ2n) is 6.30. The Balaban J connectivity index is 1.43. The van der Waals surface area contributed by atoms with Gasteiger partial charge in [0.1, 0.15) is 12.4 Å². The Kier molecular flexibility index (Phi) is 4.96. The van der Waals surface area contributed by atoms with Gasteiger partial charge in [-0.05, 0) is 62.4 Å². The molecule has 0 spiro atoms. The third-order valence-electron chi connectivity index (χ3n) is 4.83. The van der Waals surface area contributed by atoms with E-state index in [2.05, 4.69) is 29.2 Å². The minimum Gasteiger partial charge on any atom is -0.492 e. The molecule has 1 aromatic rings. The van der Waals surface area contributed by atoms with Crippen LogP contribution in [0, 0.1) is 0 Å². The van der Waals surface area contributed by atoms with Gasteiger partial charge >= 0.3 is 0 Å². The van der Waals surface area contributed by atoms with Crippen molar-refractivity contribution in [2.24, 2.45) is 0 Å². The first-order valence-electron chi connectivity index (χ1n) is 8.37. The summed E-state index contributed by atoms with van der Waals surface area (Å²) in [5.74, 6) is 1.83. The van der Waals surface area contributed by atoms with E-state index >= 15 is 0 Å². The zero-order valence-corrected chi connectivity index (χ0v) is 12.5. The Morgan fingerprint density at radius 2 is 1.60 bits per heavy atom. The van der Waals surface area contributed by atoms with Gasteiger partial charge in [0.2, 0.25) is 0 Å². The number of likely N-dealkylation sites (tertiary alicyclic amines) is 1. The quantitative estimate of drug-likeness (QED) is 0.797. The molecule has 0 aromatic heterocycles. The molecule has 2 heteroatoms. The second-order valence-corrected chi connectivity index (χ2v) is 6.30. The van der Waals surface area contributed by atoms with E-state index in [0.717, 1.165) is 24.8 Å². The van der Waals surface area contributed by atoms with Crippen molar-refractivity contribution in [2.45, 2.75) is 50.9 Å². The Labute approximate surface area is 123 Å². The Morgan fingerprint density at radius 3 is 2.30 bits per heavy atom. The van der Waals surface area contributed by atoms with Gasteiger partial charge in [-0.25, -0.2) is 0 Å². The predicted octanol–water partition coefficient (Wildman–Crippen LogP) is 4.21. The third kappa shape index (κ3) is 3.76. The van der Waals surface area contributed by atoms with Crippen molar-refractivity contribution in [2.75, 3.05) is 26.2 Å². The molecule has 1 aliphatic carbocycles. The van der Waals surface area contributed by atoms with Crippen LogP contribution in [-0.4, -0.2) is 31.1 Å². The maximum absolute atomic E-state index is 5.88. The summed E-state index contributed by atoms with van der Waals surface area (Å²) < 4.78 is 5.88. The molecule has 1 saturated heterocycles. The van der Waals surface area contributed by atoms with Crippen LogP contribution in [0.4, 0.5) is 0 Å². The predicted molar refractivity (Wildman–Crippen MR) is 83.4 cm³/mol. The monoisotopic (exact) mass is 273 g/mol. The minimum atomic E-state index is 0.803. The van der Waals surface area contributed by atoms with Crippen molar-refractivity contribution in [1.29, 1.82) is 0 Å². The van der Waals surface area contributed by atoms with Crippen molar-refractivity contribution in [3.05, 3.63) is 29.8 Å². The summed E-state index contributed by atoms with van der Waals surface area (Å²) in [5.41, 5.74) is 1.51. The Hall–Kier alpha value is -1.02. The van der Waals surface area contributed by atoms with E-state index in [9.17, 15) is 0 Å². The number of hydrogen-bond donors (Lipinski definition) is 0.